The van der Waals surface area contributed by atoms with E-state index in [0.29, 0.717) is 6.04 Å². The Balaban J connectivity index is 2.52. The molecule has 2 N–H and O–H groups in total. The van der Waals surface area contributed by atoms with Crippen LogP contribution in [-0.4, -0.2) is 30.9 Å². The van der Waals surface area contributed by atoms with Crippen LogP contribution in [0.3, 0.4) is 0 Å². The van der Waals surface area contributed by atoms with Crippen LogP contribution in [0.15, 0.2) is 17.3 Å². The molecule has 0 aromatic heterocycles. The summed E-state index contributed by atoms with van der Waals surface area (Å²) >= 11 is 0. The lowest BCUT2D eigenvalue weighted by Crippen LogP contribution is -2.40. The Morgan fingerprint density at radius 3 is 2.58 bits per heavy atom. The minimum absolute atomic E-state index is 0.680. The molecule has 0 bridgehead atoms. The van der Waals surface area contributed by atoms with Crippen LogP contribution in [0.2, 0.25) is 0 Å². The van der Waals surface area contributed by atoms with Gasteiger partial charge in [0.1, 0.15) is 5.84 Å². The summed E-state index contributed by atoms with van der Waals surface area (Å²) in [6.07, 6.45) is 7.30. The maximum Gasteiger partial charge on any atom is 0.124 e. The summed E-state index contributed by atoms with van der Waals surface area (Å²) < 4.78 is 0. The first-order valence-electron chi connectivity index (χ1n) is 4.37. The van der Waals surface area contributed by atoms with E-state index in [-0.39, 0.29) is 0 Å². The second-order valence-electron chi connectivity index (χ2n) is 3.14. The average molecular weight is 167 g/mol. The smallest absolute Gasteiger partial charge is 0.124 e. The molecule has 12 heavy (non-hydrogen) atoms. The zero-order chi connectivity index (χ0) is 8.97. The molecule has 1 saturated carbocycles. The molecule has 1 fully saturated rings. The van der Waals surface area contributed by atoms with E-state index in [2.05, 4.69) is 16.9 Å². The molecule has 0 aromatic rings. The lowest BCUT2D eigenvalue weighted by Gasteiger charge is -2.35. The molecule has 0 radical (unpaired) electrons. The fourth-order valence-corrected chi connectivity index (χ4v) is 1.40. The third kappa shape index (κ3) is 1.78. The number of likely N-dealkylation sites (N-methyl/N-ethyl adjacent to an activating group) is 1. The Hall–Kier alpha value is -0.990. The Morgan fingerprint density at radius 2 is 2.25 bits per heavy atom. The molecule has 0 amide bonds. The quantitative estimate of drug-likeness (QED) is 0.492. The van der Waals surface area contributed by atoms with Gasteiger partial charge in [0, 0.05) is 20.1 Å². The molecule has 0 heterocycles. The van der Waals surface area contributed by atoms with Crippen molar-refractivity contribution < 1.29 is 0 Å². The van der Waals surface area contributed by atoms with Gasteiger partial charge in [-0.05, 0) is 31.5 Å². The normalized spacial score (nSPS) is 19.7. The predicted octanol–water partition coefficient (Wildman–Crippen LogP) is 0.971. The lowest BCUT2D eigenvalue weighted by molar-refractivity contribution is 0.241. The minimum atomic E-state index is 0.680. The molecular weight excluding hydrogens is 150 g/mol. The third-order valence-electron chi connectivity index (χ3n) is 2.46. The zero-order valence-electron chi connectivity index (χ0n) is 7.83. The predicted molar refractivity (Wildman–Crippen MR) is 52.1 cm³/mol. The molecular formula is C9H17N3. The van der Waals surface area contributed by atoms with E-state index in [1.54, 1.807) is 7.05 Å². The van der Waals surface area contributed by atoms with E-state index < -0.39 is 0 Å². The number of hydrogen-bond donors (Lipinski definition) is 1. The first kappa shape index (κ1) is 9.10. The van der Waals surface area contributed by atoms with Gasteiger partial charge in [0.25, 0.3) is 0 Å². The number of amidine groups is 1. The van der Waals surface area contributed by atoms with Crippen LogP contribution in [0.5, 0.6) is 0 Å². The molecule has 1 rings (SSSR count). The van der Waals surface area contributed by atoms with Crippen molar-refractivity contribution in [3.05, 3.63) is 12.3 Å². The summed E-state index contributed by atoms with van der Waals surface area (Å²) in [5.41, 5.74) is 5.31. The molecule has 0 aromatic carbocycles. The molecule has 68 valence electrons. The van der Waals surface area contributed by atoms with Crippen LogP contribution in [0.1, 0.15) is 19.3 Å². The molecule has 0 atom stereocenters. The van der Waals surface area contributed by atoms with Gasteiger partial charge in [0.2, 0.25) is 0 Å². The van der Waals surface area contributed by atoms with Crippen molar-refractivity contribution in [2.75, 3.05) is 14.1 Å². The largest absolute Gasteiger partial charge is 0.404 e. The van der Waals surface area contributed by atoms with Gasteiger partial charge in [-0.2, -0.15) is 0 Å². The van der Waals surface area contributed by atoms with E-state index >= 15 is 0 Å². The highest BCUT2D eigenvalue weighted by Crippen LogP contribution is 2.23. The van der Waals surface area contributed by atoms with Crippen LogP contribution in [0, 0.1) is 0 Å². The topological polar surface area (TPSA) is 41.6 Å². The van der Waals surface area contributed by atoms with Gasteiger partial charge in [-0.1, -0.05) is 0 Å². The number of nitrogens with zero attached hydrogens (tertiary/aromatic N) is 2. The van der Waals surface area contributed by atoms with Gasteiger partial charge in [0.15, 0.2) is 0 Å². The summed E-state index contributed by atoms with van der Waals surface area (Å²) in [4.78, 5) is 6.36. The number of nitrogens with two attached hydrogens (primary N) is 1. The Morgan fingerprint density at radius 1 is 1.58 bits per heavy atom. The maximum atomic E-state index is 5.31. The molecule has 0 saturated heterocycles. The summed E-state index contributed by atoms with van der Waals surface area (Å²) in [7, 11) is 3.87. The van der Waals surface area contributed by atoms with Crippen molar-refractivity contribution in [3.63, 3.8) is 0 Å². The monoisotopic (exact) mass is 167 g/mol. The lowest BCUT2D eigenvalue weighted by atomic mass is 9.92. The van der Waals surface area contributed by atoms with Crippen LogP contribution < -0.4 is 5.73 Å². The molecule has 0 spiro atoms. The maximum absolute atomic E-state index is 5.31. The van der Waals surface area contributed by atoms with Gasteiger partial charge in [0.05, 0.1) is 0 Å². The second-order valence-corrected chi connectivity index (χ2v) is 3.14. The third-order valence-corrected chi connectivity index (χ3v) is 2.46. The molecule has 1 aliphatic carbocycles. The fourth-order valence-electron chi connectivity index (χ4n) is 1.40. The standard InChI is InChI=1S/C9H17N3/c1-11-9(6-7-10)12(2)8-4-3-5-8/h6-8H,3-5,10H2,1-2H3. The fraction of sp³-hybridized carbons (Fsp3) is 0.667. The summed E-state index contributed by atoms with van der Waals surface area (Å²) in [5, 5.41) is 0. The van der Waals surface area contributed by atoms with Crippen molar-refractivity contribution in [3.8, 4) is 0 Å². The first-order valence-corrected chi connectivity index (χ1v) is 4.37. The van der Waals surface area contributed by atoms with Crippen molar-refractivity contribution in [2.45, 2.75) is 25.3 Å². The van der Waals surface area contributed by atoms with Gasteiger partial charge in [-0.15, -0.1) is 0 Å². The zero-order valence-corrected chi connectivity index (χ0v) is 7.83. The second kappa shape index (κ2) is 4.14. The number of aliphatic imine (C=N–C) groups is 1. The van der Waals surface area contributed by atoms with Crippen molar-refractivity contribution in [2.24, 2.45) is 10.7 Å². The number of hydrogen-bond acceptors (Lipinski definition) is 2. The van der Waals surface area contributed by atoms with Crippen molar-refractivity contribution >= 4 is 5.84 Å². The van der Waals surface area contributed by atoms with E-state index in [1.807, 2.05) is 6.08 Å². The van der Waals surface area contributed by atoms with Gasteiger partial charge >= 0.3 is 0 Å². The van der Waals surface area contributed by atoms with Gasteiger partial charge in [-0.25, -0.2) is 0 Å². The molecule has 3 heteroatoms. The Labute approximate surface area is 74.0 Å². The van der Waals surface area contributed by atoms with Crippen molar-refractivity contribution in [1.82, 2.24) is 4.90 Å². The summed E-state index contributed by atoms with van der Waals surface area (Å²) in [6.45, 7) is 0. The van der Waals surface area contributed by atoms with Crippen molar-refractivity contribution in [1.29, 1.82) is 0 Å². The van der Waals surface area contributed by atoms with Crippen LogP contribution in [0.25, 0.3) is 0 Å². The van der Waals surface area contributed by atoms with E-state index in [0.717, 1.165) is 5.84 Å². The highest BCUT2D eigenvalue weighted by molar-refractivity contribution is 5.92. The van der Waals surface area contributed by atoms with Crippen LogP contribution in [0.4, 0.5) is 0 Å². The van der Waals surface area contributed by atoms with E-state index in [4.69, 9.17) is 5.73 Å². The van der Waals surface area contributed by atoms with Crippen LogP contribution in [-0.2, 0) is 0 Å². The average Bonchev–Trinajstić information content (AvgIpc) is 1.96. The molecule has 0 aliphatic heterocycles. The molecule has 0 unspecified atom stereocenters. The SMILES string of the molecule is CN=C(C=CN)N(C)C1CCC1. The summed E-state index contributed by atoms with van der Waals surface area (Å²) in [6, 6.07) is 0.680. The molecule has 1 aliphatic rings. The van der Waals surface area contributed by atoms with E-state index in [9.17, 15) is 0 Å². The highest BCUT2D eigenvalue weighted by atomic mass is 15.2. The molecule has 3 nitrogen and oxygen atoms in total. The summed E-state index contributed by atoms with van der Waals surface area (Å²) in [5.74, 6) is 0.974. The Bertz CT molecular complexity index is 192. The Kier molecular flexibility index (Phi) is 3.14. The minimum Gasteiger partial charge on any atom is -0.404 e. The van der Waals surface area contributed by atoms with E-state index in [1.165, 1.54) is 25.5 Å². The first-order chi connectivity index (χ1) is 5.79. The van der Waals surface area contributed by atoms with Gasteiger partial charge < -0.3 is 10.6 Å². The van der Waals surface area contributed by atoms with Crippen LogP contribution >= 0.6 is 0 Å². The number of rotatable bonds is 2. The van der Waals surface area contributed by atoms with Gasteiger partial charge in [-0.3, -0.25) is 4.99 Å². The highest BCUT2D eigenvalue weighted by Gasteiger charge is 2.22.